The van der Waals surface area contributed by atoms with Gasteiger partial charge in [-0.2, -0.15) is 0 Å². The Labute approximate surface area is 169 Å². The van der Waals surface area contributed by atoms with Gasteiger partial charge in [-0.15, -0.1) is 24.0 Å². The lowest BCUT2D eigenvalue weighted by atomic mass is 10.1. The largest absolute Gasteiger partial charge is 0.357 e. The third-order valence-corrected chi connectivity index (χ3v) is 3.83. The smallest absolute Gasteiger partial charge is 0.251 e. The number of carbonyl (C=O) groups excluding carboxylic acids is 1. The zero-order valence-electron chi connectivity index (χ0n) is 15.9. The normalized spacial score (nSPS) is 12.1. The van der Waals surface area contributed by atoms with E-state index in [1.54, 1.807) is 7.05 Å². The SMILES string of the molecule is CCCCCC(C)NC(=NCc1ccc(C(=O)NC)cc1)NCC.I. The Hall–Kier alpha value is -1.31. The Bertz CT molecular complexity index is 517. The van der Waals surface area contributed by atoms with Crippen LogP contribution in [0.5, 0.6) is 0 Å². The maximum absolute atomic E-state index is 11.5. The summed E-state index contributed by atoms with van der Waals surface area (Å²) in [5, 5.41) is 9.37. The molecule has 3 N–H and O–H groups in total. The molecule has 1 amide bonds. The van der Waals surface area contributed by atoms with Gasteiger partial charge in [-0.1, -0.05) is 38.3 Å². The molecule has 0 saturated carbocycles. The molecule has 0 radical (unpaired) electrons. The number of benzene rings is 1. The average Bonchev–Trinajstić information content (AvgIpc) is 2.60. The van der Waals surface area contributed by atoms with Crippen molar-refractivity contribution in [1.82, 2.24) is 16.0 Å². The van der Waals surface area contributed by atoms with Crippen LogP contribution in [-0.4, -0.2) is 31.5 Å². The van der Waals surface area contributed by atoms with E-state index in [2.05, 4.69) is 41.7 Å². The number of rotatable bonds is 9. The van der Waals surface area contributed by atoms with Gasteiger partial charge in [0.1, 0.15) is 0 Å². The quantitative estimate of drug-likeness (QED) is 0.228. The number of nitrogens with one attached hydrogen (secondary N) is 3. The number of nitrogens with zero attached hydrogens (tertiary/aromatic N) is 1. The first-order valence-electron chi connectivity index (χ1n) is 8.96. The minimum atomic E-state index is -0.0686. The highest BCUT2D eigenvalue weighted by molar-refractivity contribution is 14.0. The molecule has 1 aromatic carbocycles. The highest BCUT2D eigenvalue weighted by Gasteiger charge is 2.05. The molecule has 0 spiro atoms. The Morgan fingerprint density at radius 2 is 1.84 bits per heavy atom. The minimum Gasteiger partial charge on any atom is -0.357 e. The van der Waals surface area contributed by atoms with Crippen LogP contribution in [0.15, 0.2) is 29.3 Å². The molecule has 0 fully saturated rings. The van der Waals surface area contributed by atoms with Crippen LogP contribution >= 0.6 is 24.0 Å². The summed E-state index contributed by atoms with van der Waals surface area (Å²) in [6.07, 6.45) is 4.91. The molecule has 5 nitrogen and oxygen atoms in total. The Balaban J connectivity index is 0.00000576. The van der Waals surface area contributed by atoms with E-state index < -0.39 is 0 Å². The maximum atomic E-state index is 11.5. The second-order valence-electron chi connectivity index (χ2n) is 6.01. The highest BCUT2D eigenvalue weighted by atomic mass is 127. The summed E-state index contributed by atoms with van der Waals surface area (Å²) in [4.78, 5) is 16.2. The van der Waals surface area contributed by atoms with Gasteiger partial charge in [-0.05, 0) is 38.0 Å². The molecule has 0 bridgehead atoms. The van der Waals surface area contributed by atoms with Gasteiger partial charge in [-0.25, -0.2) is 4.99 Å². The monoisotopic (exact) mass is 460 g/mol. The summed E-state index contributed by atoms with van der Waals surface area (Å²) in [5.74, 6) is 0.776. The molecule has 1 atom stereocenters. The van der Waals surface area contributed by atoms with Crippen LogP contribution in [0.2, 0.25) is 0 Å². The van der Waals surface area contributed by atoms with Crippen molar-refractivity contribution >= 4 is 35.8 Å². The number of aliphatic imine (C=N–C) groups is 1. The molecule has 0 aliphatic rings. The third-order valence-electron chi connectivity index (χ3n) is 3.83. The maximum Gasteiger partial charge on any atom is 0.251 e. The summed E-state index contributed by atoms with van der Waals surface area (Å²) in [5.41, 5.74) is 1.75. The van der Waals surface area contributed by atoms with E-state index >= 15 is 0 Å². The fourth-order valence-corrected chi connectivity index (χ4v) is 2.40. The van der Waals surface area contributed by atoms with E-state index in [1.807, 2.05) is 24.3 Å². The summed E-state index contributed by atoms with van der Waals surface area (Å²) >= 11 is 0. The van der Waals surface area contributed by atoms with E-state index in [1.165, 1.54) is 19.3 Å². The average molecular weight is 460 g/mol. The summed E-state index contributed by atoms with van der Waals surface area (Å²) < 4.78 is 0. The van der Waals surface area contributed by atoms with Crippen LogP contribution in [0.25, 0.3) is 0 Å². The van der Waals surface area contributed by atoms with E-state index in [0.29, 0.717) is 18.2 Å². The first-order chi connectivity index (χ1) is 11.6. The number of halogens is 1. The molecule has 0 aliphatic carbocycles. The number of guanidine groups is 1. The summed E-state index contributed by atoms with van der Waals surface area (Å²) in [7, 11) is 1.64. The summed E-state index contributed by atoms with van der Waals surface area (Å²) in [6.45, 7) is 7.91. The molecule has 0 aliphatic heterocycles. The van der Waals surface area contributed by atoms with Gasteiger partial charge < -0.3 is 16.0 Å². The molecule has 0 saturated heterocycles. The van der Waals surface area contributed by atoms with Crippen molar-refractivity contribution in [1.29, 1.82) is 0 Å². The number of hydrogen-bond donors (Lipinski definition) is 3. The zero-order chi connectivity index (χ0) is 17.8. The predicted octanol–water partition coefficient (Wildman–Crippen LogP) is 3.69. The molecule has 142 valence electrons. The van der Waals surface area contributed by atoms with E-state index in [0.717, 1.165) is 24.5 Å². The Morgan fingerprint density at radius 3 is 2.40 bits per heavy atom. The standard InChI is InChI=1S/C19H32N4O.HI/c1-5-7-8-9-15(3)23-19(21-6-2)22-14-16-10-12-17(13-11-16)18(24)20-4;/h10-13,15H,5-9,14H2,1-4H3,(H,20,24)(H2,21,22,23);1H. The topological polar surface area (TPSA) is 65.5 Å². The lowest BCUT2D eigenvalue weighted by Gasteiger charge is -2.17. The second kappa shape index (κ2) is 13.9. The van der Waals surface area contributed by atoms with Crippen LogP contribution < -0.4 is 16.0 Å². The first kappa shape index (κ1) is 23.7. The second-order valence-corrected chi connectivity index (χ2v) is 6.01. The lowest BCUT2D eigenvalue weighted by Crippen LogP contribution is -2.42. The van der Waals surface area contributed by atoms with Crippen LogP contribution in [0.1, 0.15) is 62.4 Å². The van der Waals surface area contributed by atoms with Gasteiger partial charge >= 0.3 is 0 Å². The van der Waals surface area contributed by atoms with E-state index in [-0.39, 0.29) is 29.9 Å². The Morgan fingerprint density at radius 1 is 1.16 bits per heavy atom. The van der Waals surface area contributed by atoms with Crippen LogP contribution in [-0.2, 0) is 6.54 Å². The van der Waals surface area contributed by atoms with Gasteiger partial charge in [0.25, 0.3) is 5.91 Å². The van der Waals surface area contributed by atoms with Gasteiger partial charge in [0.15, 0.2) is 5.96 Å². The number of unbranched alkanes of at least 4 members (excludes halogenated alkanes) is 2. The molecular formula is C19H33IN4O. The van der Waals surface area contributed by atoms with Crippen molar-refractivity contribution in [2.45, 2.75) is 59.0 Å². The van der Waals surface area contributed by atoms with E-state index in [4.69, 9.17) is 0 Å². The molecule has 0 aromatic heterocycles. The molecule has 1 unspecified atom stereocenters. The lowest BCUT2D eigenvalue weighted by molar-refractivity contribution is 0.0963. The Kier molecular flexibility index (Phi) is 13.2. The number of carbonyl (C=O) groups is 1. The van der Waals surface area contributed by atoms with Crippen molar-refractivity contribution in [3.63, 3.8) is 0 Å². The van der Waals surface area contributed by atoms with Gasteiger partial charge in [0.2, 0.25) is 0 Å². The molecule has 25 heavy (non-hydrogen) atoms. The molecular weight excluding hydrogens is 427 g/mol. The molecule has 6 heteroatoms. The fraction of sp³-hybridized carbons (Fsp3) is 0.579. The third kappa shape index (κ3) is 9.67. The van der Waals surface area contributed by atoms with Crippen molar-refractivity contribution < 1.29 is 4.79 Å². The van der Waals surface area contributed by atoms with Crippen LogP contribution in [0.4, 0.5) is 0 Å². The van der Waals surface area contributed by atoms with Crippen molar-refractivity contribution in [3.8, 4) is 0 Å². The van der Waals surface area contributed by atoms with E-state index in [9.17, 15) is 4.79 Å². The van der Waals surface area contributed by atoms with Gasteiger partial charge in [-0.3, -0.25) is 4.79 Å². The van der Waals surface area contributed by atoms with Gasteiger partial charge in [0, 0.05) is 25.2 Å². The van der Waals surface area contributed by atoms with Crippen molar-refractivity contribution in [2.75, 3.05) is 13.6 Å². The molecule has 1 aromatic rings. The summed E-state index contributed by atoms with van der Waals surface area (Å²) in [6, 6.07) is 7.96. The number of hydrogen-bond acceptors (Lipinski definition) is 2. The fourth-order valence-electron chi connectivity index (χ4n) is 2.40. The highest BCUT2D eigenvalue weighted by Crippen LogP contribution is 2.06. The minimum absolute atomic E-state index is 0. The molecule has 1 rings (SSSR count). The zero-order valence-corrected chi connectivity index (χ0v) is 18.2. The van der Waals surface area contributed by atoms with Crippen molar-refractivity contribution in [2.24, 2.45) is 4.99 Å². The van der Waals surface area contributed by atoms with Crippen LogP contribution in [0, 0.1) is 0 Å². The first-order valence-corrected chi connectivity index (χ1v) is 8.96. The van der Waals surface area contributed by atoms with Crippen LogP contribution in [0.3, 0.4) is 0 Å². The van der Waals surface area contributed by atoms with Gasteiger partial charge in [0.05, 0.1) is 6.54 Å². The predicted molar refractivity (Wildman–Crippen MR) is 117 cm³/mol. The van der Waals surface area contributed by atoms with Crippen molar-refractivity contribution in [3.05, 3.63) is 35.4 Å². The molecule has 0 heterocycles. The number of amides is 1.